The highest BCUT2D eigenvalue weighted by Gasteiger charge is 2.37. The molecule has 0 spiro atoms. The van der Waals surface area contributed by atoms with Crippen LogP contribution in [0.1, 0.15) is 24.2 Å². The van der Waals surface area contributed by atoms with Gasteiger partial charge in [0.15, 0.2) is 6.23 Å². The van der Waals surface area contributed by atoms with Gasteiger partial charge in [-0.3, -0.25) is 0 Å². The average molecular weight is 368 g/mol. The Labute approximate surface area is 153 Å². The molecule has 0 bridgehead atoms. The molecule has 0 saturated carbocycles. The molecule has 4 atom stereocenters. The Morgan fingerprint density at radius 2 is 1.85 bits per heavy atom. The number of carbonyl (C=O) groups is 1. The summed E-state index contributed by atoms with van der Waals surface area (Å²) in [4.78, 5) is 14.2. The summed E-state index contributed by atoms with van der Waals surface area (Å²) in [5.41, 5.74) is 1.04. The number of likely N-dealkylation sites (N-methyl/N-ethyl adjacent to an activating group) is 1. The Hall–Kier alpha value is -1.71. The number of ether oxygens (including phenoxy) is 2. The predicted octanol–water partition coefficient (Wildman–Crippen LogP) is 0.0361. The Morgan fingerprint density at radius 3 is 2.46 bits per heavy atom. The Bertz CT molecular complexity index is 563. The second kappa shape index (κ2) is 9.84. The number of esters is 1. The van der Waals surface area contributed by atoms with Gasteiger partial charge in [-0.05, 0) is 37.4 Å². The zero-order valence-corrected chi connectivity index (χ0v) is 15.2. The van der Waals surface area contributed by atoms with Crippen LogP contribution < -0.4 is 5.32 Å². The fraction of sp³-hybridized carbons (Fsp3) is 0.611. The van der Waals surface area contributed by atoms with E-state index in [0.717, 1.165) is 13.1 Å². The van der Waals surface area contributed by atoms with E-state index in [1.807, 2.05) is 0 Å². The quantitative estimate of drug-likeness (QED) is 0.476. The first-order chi connectivity index (χ1) is 12.5. The van der Waals surface area contributed by atoms with E-state index in [9.17, 15) is 20.1 Å². The highest BCUT2D eigenvalue weighted by molar-refractivity contribution is 5.89. The van der Waals surface area contributed by atoms with Gasteiger partial charge in [0.05, 0.1) is 12.2 Å². The molecule has 1 aromatic rings. The summed E-state index contributed by atoms with van der Waals surface area (Å²) in [6.45, 7) is 6.90. The van der Waals surface area contributed by atoms with Crippen molar-refractivity contribution < 1.29 is 29.6 Å². The molecule has 1 aromatic carbocycles. The third-order valence-corrected chi connectivity index (χ3v) is 4.47. The molecule has 2 rings (SSSR count). The molecule has 1 fully saturated rings. The molecule has 146 valence electrons. The molecule has 1 unspecified atom stereocenters. The number of aliphatic hydroxyl groups is 3. The van der Waals surface area contributed by atoms with Crippen LogP contribution in [0.25, 0.3) is 0 Å². The molecule has 0 radical (unpaired) electrons. The monoisotopic (exact) mass is 368 g/mol. The van der Waals surface area contributed by atoms with Gasteiger partial charge in [-0.15, -0.1) is 0 Å². The van der Waals surface area contributed by atoms with E-state index in [2.05, 4.69) is 24.1 Å². The molecular formula is C18H28N2O6. The molecule has 0 amide bonds. The lowest BCUT2D eigenvalue weighted by molar-refractivity contribution is -0.178. The summed E-state index contributed by atoms with van der Waals surface area (Å²) in [7, 11) is 0. The molecule has 8 nitrogen and oxygen atoms in total. The van der Waals surface area contributed by atoms with Crippen LogP contribution in [0.15, 0.2) is 24.3 Å². The molecule has 0 aromatic heterocycles. The third-order valence-electron chi connectivity index (χ3n) is 4.47. The van der Waals surface area contributed by atoms with E-state index in [0.29, 0.717) is 24.4 Å². The van der Waals surface area contributed by atoms with Gasteiger partial charge in [-0.2, -0.15) is 0 Å². The van der Waals surface area contributed by atoms with E-state index >= 15 is 0 Å². The number of nitrogens with one attached hydrogen (secondary N) is 1. The summed E-state index contributed by atoms with van der Waals surface area (Å²) in [6.07, 6.45) is -4.50. The SMILES string of the molecule is CCN(CC)CCOC(=O)c1ccc(N[C@@H]2OC[C@@H](O)[C@@H](O)C2O)cc1. The first-order valence-corrected chi connectivity index (χ1v) is 8.88. The molecule has 4 N–H and O–H groups in total. The zero-order valence-electron chi connectivity index (χ0n) is 15.2. The Kier molecular flexibility index (Phi) is 7.80. The van der Waals surface area contributed by atoms with Crippen LogP contribution >= 0.6 is 0 Å². The minimum absolute atomic E-state index is 0.0765. The number of anilines is 1. The van der Waals surface area contributed by atoms with Gasteiger partial charge < -0.3 is 35.0 Å². The van der Waals surface area contributed by atoms with Crippen molar-refractivity contribution in [1.29, 1.82) is 0 Å². The van der Waals surface area contributed by atoms with Crippen molar-refractivity contribution in [3.8, 4) is 0 Å². The average Bonchev–Trinajstić information content (AvgIpc) is 2.66. The van der Waals surface area contributed by atoms with Crippen LogP contribution in [0, 0.1) is 0 Å². The van der Waals surface area contributed by atoms with Crippen molar-refractivity contribution in [2.75, 3.05) is 38.2 Å². The van der Waals surface area contributed by atoms with E-state index in [-0.39, 0.29) is 6.61 Å². The van der Waals surface area contributed by atoms with Crippen molar-refractivity contribution in [3.05, 3.63) is 29.8 Å². The van der Waals surface area contributed by atoms with E-state index in [1.54, 1.807) is 24.3 Å². The second-order valence-corrected chi connectivity index (χ2v) is 6.19. The number of benzene rings is 1. The fourth-order valence-corrected chi connectivity index (χ4v) is 2.69. The summed E-state index contributed by atoms with van der Waals surface area (Å²) in [5.74, 6) is -0.392. The summed E-state index contributed by atoms with van der Waals surface area (Å²) in [5, 5.41) is 32.0. The molecule has 8 heteroatoms. The van der Waals surface area contributed by atoms with Gasteiger partial charge in [0.25, 0.3) is 0 Å². The minimum atomic E-state index is -1.28. The maximum atomic E-state index is 12.0. The largest absolute Gasteiger partial charge is 0.461 e. The van der Waals surface area contributed by atoms with Crippen molar-refractivity contribution in [2.45, 2.75) is 38.4 Å². The van der Waals surface area contributed by atoms with Crippen LogP contribution in [-0.2, 0) is 9.47 Å². The van der Waals surface area contributed by atoms with Gasteiger partial charge in [0.1, 0.15) is 24.9 Å². The fourth-order valence-electron chi connectivity index (χ4n) is 2.69. The first kappa shape index (κ1) is 20.6. The molecule has 26 heavy (non-hydrogen) atoms. The molecular weight excluding hydrogens is 340 g/mol. The predicted molar refractivity (Wildman–Crippen MR) is 95.9 cm³/mol. The number of aliphatic hydroxyl groups excluding tert-OH is 3. The number of hydrogen-bond acceptors (Lipinski definition) is 8. The van der Waals surface area contributed by atoms with E-state index in [4.69, 9.17) is 9.47 Å². The first-order valence-electron chi connectivity index (χ1n) is 8.88. The third kappa shape index (κ3) is 5.39. The molecule has 1 saturated heterocycles. The second-order valence-electron chi connectivity index (χ2n) is 6.19. The smallest absolute Gasteiger partial charge is 0.338 e. The van der Waals surface area contributed by atoms with E-state index in [1.165, 1.54) is 0 Å². The van der Waals surface area contributed by atoms with Crippen LogP contribution in [0.5, 0.6) is 0 Å². The summed E-state index contributed by atoms with van der Waals surface area (Å²) < 4.78 is 10.6. The number of rotatable bonds is 8. The van der Waals surface area contributed by atoms with Gasteiger partial charge in [-0.25, -0.2) is 4.79 Å². The molecule has 0 aliphatic carbocycles. The van der Waals surface area contributed by atoms with Crippen LogP contribution in [0.2, 0.25) is 0 Å². The van der Waals surface area contributed by atoms with Gasteiger partial charge in [-0.1, -0.05) is 13.8 Å². The number of nitrogens with zero attached hydrogens (tertiary/aromatic N) is 1. The Balaban J connectivity index is 1.85. The highest BCUT2D eigenvalue weighted by atomic mass is 16.5. The van der Waals surface area contributed by atoms with Crippen LogP contribution in [0.4, 0.5) is 5.69 Å². The van der Waals surface area contributed by atoms with Crippen molar-refractivity contribution in [1.82, 2.24) is 4.90 Å². The maximum absolute atomic E-state index is 12.0. The molecule has 1 aliphatic rings. The lowest BCUT2D eigenvalue weighted by Crippen LogP contribution is -2.55. The van der Waals surface area contributed by atoms with Crippen molar-refractivity contribution in [2.24, 2.45) is 0 Å². The van der Waals surface area contributed by atoms with E-state index < -0.39 is 30.5 Å². The number of hydrogen-bond donors (Lipinski definition) is 4. The van der Waals surface area contributed by atoms with Gasteiger partial charge >= 0.3 is 5.97 Å². The standard InChI is InChI=1S/C18H28N2O6/c1-3-20(4-2)9-10-25-18(24)12-5-7-13(8-6-12)19-17-16(23)15(22)14(21)11-26-17/h5-8,14-17,19,21-23H,3-4,9-11H2,1-2H3/t14-,15-,16?,17-/m1/s1. The minimum Gasteiger partial charge on any atom is -0.461 e. The van der Waals surface area contributed by atoms with Crippen LogP contribution in [-0.4, -0.2) is 83.6 Å². The van der Waals surface area contributed by atoms with Crippen LogP contribution in [0.3, 0.4) is 0 Å². The lowest BCUT2D eigenvalue weighted by Gasteiger charge is -2.35. The molecule has 1 aliphatic heterocycles. The zero-order chi connectivity index (χ0) is 19.1. The summed E-state index contributed by atoms with van der Waals surface area (Å²) >= 11 is 0. The van der Waals surface area contributed by atoms with Crippen molar-refractivity contribution in [3.63, 3.8) is 0 Å². The van der Waals surface area contributed by atoms with Gasteiger partial charge in [0, 0.05) is 12.2 Å². The summed E-state index contributed by atoms with van der Waals surface area (Å²) in [6, 6.07) is 6.55. The van der Waals surface area contributed by atoms with Gasteiger partial charge in [0.2, 0.25) is 0 Å². The Morgan fingerprint density at radius 1 is 1.19 bits per heavy atom. The van der Waals surface area contributed by atoms with Crippen molar-refractivity contribution >= 4 is 11.7 Å². The topological polar surface area (TPSA) is 111 Å². The lowest BCUT2D eigenvalue weighted by atomic mass is 10.0. The highest BCUT2D eigenvalue weighted by Crippen LogP contribution is 2.19. The molecule has 1 heterocycles. The number of carbonyl (C=O) groups excluding carboxylic acids is 1. The normalized spacial score (nSPS) is 25.9. The maximum Gasteiger partial charge on any atom is 0.338 e.